The molecule has 0 saturated carbocycles. The maximum Gasteiger partial charge on any atom is 0.313 e. The van der Waals surface area contributed by atoms with Crippen LogP contribution in [0, 0.1) is 13.8 Å². The SMILES string of the molecule is CCc1c(C)c2cc3[nH]c(cc4nc(c(C(C)C(=O)OC)c5nc(cc1[nH]2)C(C)=C5C)C(CCC(=O)OC)C4C)c(C)c3/C=C/CN(C)C. The van der Waals surface area contributed by atoms with Gasteiger partial charge in [-0.1, -0.05) is 26.0 Å². The van der Waals surface area contributed by atoms with Crippen molar-refractivity contribution in [2.45, 2.75) is 85.5 Å². The molecule has 260 valence electrons. The maximum absolute atomic E-state index is 13.3. The zero-order valence-electron chi connectivity index (χ0n) is 30.9. The summed E-state index contributed by atoms with van der Waals surface area (Å²) in [5.74, 6) is -1.46. The molecule has 49 heavy (non-hydrogen) atoms. The predicted molar refractivity (Wildman–Crippen MR) is 198 cm³/mol. The van der Waals surface area contributed by atoms with Crippen LogP contribution in [-0.2, 0) is 25.5 Å². The van der Waals surface area contributed by atoms with Crippen LogP contribution in [-0.4, -0.2) is 71.6 Å². The summed E-state index contributed by atoms with van der Waals surface area (Å²) in [5.41, 5.74) is 14.7. The Morgan fingerprint density at radius 2 is 1.63 bits per heavy atom. The zero-order valence-corrected chi connectivity index (χ0v) is 30.9. The number of aryl methyl sites for hydroxylation is 3. The van der Waals surface area contributed by atoms with Crippen LogP contribution in [0.1, 0.15) is 116 Å². The summed E-state index contributed by atoms with van der Waals surface area (Å²) < 4.78 is 10.3. The van der Waals surface area contributed by atoms with E-state index in [1.165, 1.54) is 25.3 Å². The molecule has 9 nitrogen and oxygen atoms in total. The average Bonchev–Trinajstić information content (AvgIpc) is 3.73. The largest absolute Gasteiger partial charge is 0.469 e. The highest BCUT2D eigenvalue weighted by atomic mass is 16.5. The molecule has 3 aromatic rings. The van der Waals surface area contributed by atoms with Gasteiger partial charge in [-0.05, 0) is 108 Å². The van der Waals surface area contributed by atoms with E-state index in [0.29, 0.717) is 6.42 Å². The number of likely N-dealkylation sites (N-methyl/N-ethyl adjacent to an activating group) is 1. The normalized spacial score (nSPS) is 16.9. The van der Waals surface area contributed by atoms with E-state index < -0.39 is 5.92 Å². The lowest BCUT2D eigenvalue weighted by molar-refractivity contribution is -0.142. The molecule has 0 aromatic carbocycles. The summed E-state index contributed by atoms with van der Waals surface area (Å²) >= 11 is 0. The van der Waals surface area contributed by atoms with E-state index >= 15 is 0 Å². The lowest BCUT2D eigenvalue weighted by Gasteiger charge is -2.20. The zero-order chi connectivity index (χ0) is 35.7. The van der Waals surface area contributed by atoms with Crippen LogP contribution < -0.4 is 0 Å². The fourth-order valence-electron chi connectivity index (χ4n) is 7.19. The molecule has 8 bridgehead atoms. The van der Waals surface area contributed by atoms with Gasteiger partial charge >= 0.3 is 11.9 Å². The Kier molecular flexibility index (Phi) is 10.6. The number of aromatic amines is 2. The Bertz CT molecular complexity index is 2010. The number of ether oxygens (including phenoxy) is 2. The third-order valence-corrected chi connectivity index (χ3v) is 10.4. The number of carbonyl (C=O) groups is 2. The van der Waals surface area contributed by atoms with Gasteiger partial charge in [0.05, 0.1) is 37.2 Å². The number of hydrogen-bond donors (Lipinski definition) is 2. The number of rotatable bonds is 9. The molecule has 2 aliphatic heterocycles. The first-order valence-electron chi connectivity index (χ1n) is 17.2. The molecule has 3 unspecified atom stereocenters. The summed E-state index contributed by atoms with van der Waals surface area (Å²) in [5, 5.41) is 0. The first kappa shape index (κ1) is 35.8. The van der Waals surface area contributed by atoms with Crippen LogP contribution in [0.15, 0.2) is 24.3 Å². The van der Waals surface area contributed by atoms with E-state index in [9.17, 15) is 9.59 Å². The summed E-state index contributed by atoms with van der Waals surface area (Å²) in [6, 6.07) is 6.47. The number of nitrogens with zero attached hydrogens (tertiary/aromatic N) is 3. The van der Waals surface area contributed by atoms with E-state index in [0.717, 1.165) is 85.6 Å². The van der Waals surface area contributed by atoms with E-state index in [2.05, 4.69) is 101 Å². The van der Waals surface area contributed by atoms with Crippen molar-refractivity contribution >= 4 is 51.2 Å². The van der Waals surface area contributed by atoms with Crippen molar-refractivity contribution in [1.82, 2.24) is 24.8 Å². The standard InChI is InChI=1S/C40H51N5O4/c1-12-27-23(4)32-20-35-28(14-13-17-45(8)9)24(5)31(42-35)18-33-25(6)29(15-16-36(46)48-10)39(44-33)37(26(7)40(47)49-11)38-22(3)21(2)30(43-38)19-34(27)41-32/h13-14,18-20,25-26,29,41-42H,12,15-17H2,1-11H3/b14-13+,30-19?,31-18?,32-20?,33-18?,34-19?,35-20?,38-37?,39-37?. The Hall–Kier alpha value is -4.50. The number of carbonyl (C=O) groups excluding carboxylic acids is 2. The molecule has 0 spiro atoms. The molecule has 3 atom stereocenters. The molecular weight excluding hydrogens is 614 g/mol. The number of fused-ring (bicyclic) bond motifs is 8. The van der Waals surface area contributed by atoms with Gasteiger partial charge in [0, 0.05) is 63.7 Å². The quantitative estimate of drug-likeness (QED) is 0.222. The molecule has 0 saturated heterocycles. The minimum Gasteiger partial charge on any atom is -0.469 e. The molecule has 2 aliphatic rings. The van der Waals surface area contributed by atoms with Crippen LogP contribution in [0.2, 0.25) is 0 Å². The topological polar surface area (TPSA) is 113 Å². The van der Waals surface area contributed by atoms with Gasteiger partial charge in [-0.3, -0.25) is 14.6 Å². The lowest BCUT2D eigenvalue weighted by Crippen LogP contribution is -2.17. The highest BCUT2D eigenvalue weighted by Crippen LogP contribution is 2.45. The second-order valence-electron chi connectivity index (χ2n) is 13.7. The van der Waals surface area contributed by atoms with Crippen molar-refractivity contribution in [3.8, 4) is 0 Å². The summed E-state index contributed by atoms with van der Waals surface area (Å²) in [7, 11) is 6.94. The van der Waals surface area contributed by atoms with Gasteiger partial charge in [-0.25, -0.2) is 4.98 Å². The number of aromatic nitrogens is 4. The van der Waals surface area contributed by atoms with Crippen molar-refractivity contribution in [3.63, 3.8) is 0 Å². The monoisotopic (exact) mass is 665 g/mol. The van der Waals surface area contributed by atoms with Gasteiger partial charge in [-0.15, -0.1) is 0 Å². The fourth-order valence-corrected chi connectivity index (χ4v) is 7.19. The van der Waals surface area contributed by atoms with Gasteiger partial charge in [0.2, 0.25) is 0 Å². The smallest absolute Gasteiger partial charge is 0.313 e. The average molecular weight is 666 g/mol. The number of allylic oxidation sites excluding steroid dienone is 2. The fraction of sp³-hybridized carbons (Fsp3) is 0.450. The summed E-state index contributed by atoms with van der Waals surface area (Å²) in [4.78, 5) is 45.9. The number of nitrogens with one attached hydrogen (secondary N) is 2. The van der Waals surface area contributed by atoms with Crippen LogP contribution in [0.3, 0.4) is 0 Å². The number of esters is 2. The van der Waals surface area contributed by atoms with Crippen molar-refractivity contribution in [1.29, 1.82) is 0 Å². The van der Waals surface area contributed by atoms with E-state index in [-0.39, 0.29) is 30.2 Å². The van der Waals surface area contributed by atoms with Crippen LogP contribution in [0.25, 0.3) is 39.3 Å². The highest BCUT2D eigenvalue weighted by molar-refractivity contribution is 5.94. The molecule has 0 amide bonds. The molecule has 2 N–H and O–H groups in total. The van der Waals surface area contributed by atoms with Gasteiger partial charge < -0.3 is 24.3 Å². The number of hydrogen-bond acceptors (Lipinski definition) is 7. The molecule has 0 fully saturated rings. The third kappa shape index (κ3) is 6.86. The van der Waals surface area contributed by atoms with Gasteiger partial charge in [0.1, 0.15) is 0 Å². The first-order chi connectivity index (χ1) is 23.3. The molecule has 9 heteroatoms. The third-order valence-electron chi connectivity index (χ3n) is 10.4. The van der Waals surface area contributed by atoms with Gasteiger partial charge in [0.15, 0.2) is 0 Å². The molecule has 5 heterocycles. The van der Waals surface area contributed by atoms with Crippen molar-refractivity contribution in [2.75, 3.05) is 34.9 Å². The van der Waals surface area contributed by atoms with Crippen molar-refractivity contribution in [3.05, 3.63) is 74.9 Å². The Morgan fingerprint density at radius 1 is 0.939 bits per heavy atom. The Labute approximate surface area is 289 Å². The van der Waals surface area contributed by atoms with Crippen molar-refractivity contribution < 1.29 is 19.1 Å². The highest BCUT2D eigenvalue weighted by Gasteiger charge is 2.36. The Balaban J connectivity index is 1.98. The van der Waals surface area contributed by atoms with E-state index in [1.807, 2.05) is 6.92 Å². The second kappa shape index (κ2) is 14.5. The molecule has 0 radical (unpaired) electrons. The lowest BCUT2D eigenvalue weighted by atomic mass is 9.82. The Morgan fingerprint density at radius 3 is 2.29 bits per heavy atom. The molecule has 5 rings (SSSR count). The molecule has 3 aromatic heterocycles. The minimum atomic E-state index is -0.636. The van der Waals surface area contributed by atoms with E-state index in [4.69, 9.17) is 19.4 Å². The predicted octanol–water partition coefficient (Wildman–Crippen LogP) is 8.14. The number of methoxy groups -OCH3 is 2. The van der Waals surface area contributed by atoms with Crippen LogP contribution >= 0.6 is 0 Å². The molecular formula is C40H51N5O4. The summed E-state index contributed by atoms with van der Waals surface area (Å²) in [6.45, 7) is 15.4. The number of H-pyrrole nitrogens is 2. The minimum absolute atomic E-state index is 0.0413. The van der Waals surface area contributed by atoms with Crippen molar-refractivity contribution in [2.24, 2.45) is 0 Å². The summed E-state index contributed by atoms with van der Waals surface area (Å²) in [6.07, 6.45) is 5.99. The van der Waals surface area contributed by atoms with Crippen LogP contribution in [0.5, 0.6) is 0 Å². The van der Waals surface area contributed by atoms with Gasteiger partial charge in [0.25, 0.3) is 0 Å². The molecule has 0 aliphatic carbocycles. The van der Waals surface area contributed by atoms with E-state index in [1.54, 1.807) is 0 Å². The van der Waals surface area contributed by atoms with Crippen LogP contribution in [0.4, 0.5) is 0 Å². The second-order valence-corrected chi connectivity index (χ2v) is 13.7. The maximum atomic E-state index is 13.3. The first-order valence-corrected chi connectivity index (χ1v) is 17.2. The van der Waals surface area contributed by atoms with Gasteiger partial charge in [-0.2, -0.15) is 0 Å².